The molecule has 1 aliphatic rings. The first-order valence-corrected chi connectivity index (χ1v) is 6.95. The molecule has 0 aliphatic heterocycles. The van der Waals surface area contributed by atoms with Gasteiger partial charge in [0.05, 0.1) is 0 Å². The molecule has 94 valence electrons. The highest BCUT2D eigenvalue weighted by Crippen LogP contribution is 2.27. The zero-order valence-corrected chi connectivity index (χ0v) is 10.7. The van der Waals surface area contributed by atoms with E-state index in [-0.39, 0.29) is 0 Å². The van der Waals surface area contributed by atoms with E-state index in [1.807, 2.05) is 0 Å². The Morgan fingerprint density at radius 2 is 2.35 bits per heavy atom. The highest BCUT2D eigenvalue weighted by molar-refractivity contribution is 7.07. The van der Waals surface area contributed by atoms with E-state index < -0.39 is 0 Å². The summed E-state index contributed by atoms with van der Waals surface area (Å²) in [6.07, 6.45) is 4.33. The molecular formula is C12H19N3OS. The summed E-state index contributed by atoms with van der Waals surface area (Å²) in [5.74, 6) is 0.325. The third-order valence-corrected chi connectivity index (χ3v) is 3.85. The Bertz CT molecular complexity index is 360. The topological polar surface area (TPSA) is 61.8 Å². The van der Waals surface area contributed by atoms with Crippen LogP contribution >= 0.6 is 11.3 Å². The number of thiophene rings is 1. The van der Waals surface area contributed by atoms with E-state index in [0.717, 1.165) is 25.6 Å². The number of hydrogen-bond donors (Lipinski definition) is 2. The van der Waals surface area contributed by atoms with Gasteiger partial charge in [0.25, 0.3) is 0 Å². The second-order valence-electron chi connectivity index (χ2n) is 4.49. The highest BCUT2D eigenvalue weighted by atomic mass is 32.1. The summed E-state index contributed by atoms with van der Waals surface area (Å²) in [7, 11) is 0. The monoisotopic (exact) mass is 253 g/mol. The summed E-state index contributed by atoms with van der Waals surface area (Å²) >= 11 is 1.75. The zero-order chi connectivity index (χ0) is 12.1. The van der Waals surface area contributed by atoms with Gasteiger partial charge in [0.2, 0.25) is 0 Å². The largest absolute Gasteiger partial charge is 0.409 e. The van der Waals surface area contributed by atoms with E-state index in [1.54, 1.807) is 11.3 Å². The van der Waals surface area contributed by atoms with Crippen molar-refractivity contribution in [2.24, 2.45) is 10.9 Å². The van der Waals surface area contributed by atoms with Gasteiger partial charge in [0.1, 0.15) is 5.84 Å². The van der Waals surface area contributed by atoms with Crippen LogP contribution in [0.25, 0.3) is 0 Å². The van der Waals surface area contributed by atoms with Crippen molar-refractivity contribution in [2.75, 3.05) is 13.1 Å². The van der Waals surface area contributed by atoms with Crippen LogP contribution in [0.2, 0.25) is 0 Å². The molecule has 4 nitrogen and oxygen atoms in total. The molecule has 0 spiro atoms. The van der Waals surface area contributed by atoms with E-state index in [4.69, 9.17) is 10.9 Å². The predicted octanol–water partition coefficient (Wildman–Crippen LogP) is 1.89. The summed E-state index contributed by atoms with van der Waals surface area (Å²) < 4.78 is 0. The van der Waals surface area contributed by atoms with Gasteiger partial charge in [-0.15, -0.1) is 0 Å². The van der Waals surface area contributed by atoms with Gasteiger partial charge in [-0.1, -0.05) is 5.16 Å². The molecule has 1 fully saturated rings. The van der Waals surface area contributed by atoms with Gasteiger partial charge in [-0.3, -0.25) is 4.90 Å². The number of hydrogen-bond acceptors (Lipinski definition) is 4. The summed E-state index contributed by atoms with van der Waals surface area (Å²) in [4.78, 5) is 2.45. The Balaban J connectivity index is 1.77. The van der Waals surface area contributed by atoms with Crippen LogP contribution < -0.4 is 5.73 Å². The maximum Gasteiger partial charge on any atom is 0.140 e. The maximum absolute atomic E-state index is 8.53. The average Bonchev–Trinajstić information content (AvgIpc) is 3.05. The number of nitrogens with two attached hydrogens (primary N) is 1. The Morgan fingerprint density at radius 3 is 2.94 bits per heavy atom. The van der Waals surface area contributed by atoms with Crippen molar-refractivity contribution in [3.63, 3.8) is 0 Å². The molecule has 0 atom stereocenters. The lowest BCUT2D eigenvalue weighted by Crippen LogP contribution is -2.32. The molecule has 2 rings (SSSR count). The smallest absolute Gasteiger partial charge is 0.140 e. The Labute approximate surface area is 106 Å². The second-order valence-corrected chi connectivity index (χ2v) is 5.27. The van der Waals surface area contributed by atoms with Crippen LogP contribution in [0, 0.1) is 0 Å². The van der Waals surface area contributed by atoms with Crippen LogP contribution in [0.5, 0.6) is 0 Å². The van der Waals surface area contributed by atoms with E-state index >= 15 is 0 Å². The molecule has 0 bridgehead atoms. The standard InChI is InChI=1S/C12H19N3OS/c13-12(14-16)4-7-15(11-1-2-11)6-3-10-5-8-17-9-10/h5,8-9,11,16H,1-4,6-7H2,(H2,13,14). The second kappa shape index (κ2) is 6.02. The van der Waals surface area contributed by atoms with E-state index in [9.17, 15) is 0 Å². The van der Waals surface area contributed by atoms with Crippen LogP contribution in [0.15, 0.2) is 22.0 Å². The van der Waals surface area contributed by atoms with Gasteiger partial charge in [0.15, 0.2) is 0 Å². The quantitative estimate of drug-likeness (QED) is 0.337. The van der Waals surface area contributed by atoms with Crippen LogP contribution in [0.3, 0.4) is 0 Å². The predicted molar refractivity (Wildman–Crippen MR) is 70.6 cm³/mol. The van der Waals surface area contributed by atoms with Crippen molar-refractivity contribution in [3.8, 4) is 0 Å². The Hall–Kier alpha value is -1.07. The van der Waals surface area contributed by atoms with E-state index in [0.29, 0.717) is 12.3 Å². The van der Waals surface area contributed by atoms with Crippen LogP contribution in [-0.4, -0.2) is 35.1 Å². The minimum atomic E-state index is 0.325. The van der Waals surface area contributed by atoms with Crippen molar-refractivity contribution < 1.29 is 5.21 Å². The zero-order valence-electron chi connectivity index (χ0n) is 9.88. The molecule has 0 unspecified atom stereocenters. The summed E-state index contributed by atoms with van der Waals surface area (Å²) in [6, 6.07) is 2.90. The van der Waals surface area contributed by atoms with Crippen LogP contribution in [0.1, 0.15) is 24.8 Å². The minimum absolute atomic E-state index is 0.325. The summed E-state index contributed by atoms with van der Waals surface area (Å²) in [5.41, 5.74) is 6.91. The fourth-order valence-electron chi connectivity index (χ4n) is 1.93. The van der Waals surface area contributed by atoms with Crippen LogP contribution in [0.4, 0.5) is 0 Å². The number of rotatable bonds is 7. The highest BCUT2D eigenvalue weighted by Gasteiger charge is 2.28. The van der Waals surface area contributed by atoms with Gasteiger partial charge in [0, 0.05) is 25.6 Å². The molecule has 1 aromatic rings. The first kappa shape index (κ1) is 12.4. The van der Waals surface area contributed by atoms with Gasteiger partial charge in [-0.25, -0.2) is 0 Å². The molecular weight excluding hydrogens is 234 g/mol. The summed E-state index contributed by atoms with van der Waals surface area (Å²) in [5, 5.41) is 15.9. The molecule has 1 aliphatic carbocycles. The van der Waals surface area contributed by atoms with Crippen molar-refractivity contribution in [3.05, 3.63) is 22.4 Å². The normalized spacial score (nSPS) is 16.6. The maximum atomic E-state index is 8.53. The van der Waals surface area contributed by atoms with Gasteiger partial charge in [-0.2, -0.15) is 11.3 Å². The molecule has 1 heterocycles. The molecule has 1 saturated carbocycles. The van der Waals surface area contributed by atoms with Crippen molar-refractivity contribution in [2.45, 2.75) is 31.7 Å². The Morgan fingerprint density at radius 1 is 1.53 bits per heavy atom. The lowest BCUT2D eigenvalue weighted by Gasteiger charge is -2.21. The number of nitrogens with zero attached hydrogens (tertiary/aromatic N) is 2. The average molecular weight is 253 g/mol. The third-order valence-electron chi connectivity index (χ3n) is 3.11. The molecule has 0 saturated heterocycles. The molecule has 0 aromatic carbocycles. The molecule has 1 aromatic heterocycles. The Kier molecular flexibility index (Phi) is 4.39. The fraction of sp³-hybridized carbons (Fsp3) is 0.583. The first-order chi connectivity index (χ1) is 8.29. The fourth-order valence-corrected chi connectivity index (χ4v) is 2.64. The van der Waals surface area contributed by atoms with E-state index in [1.165, 1.54) is 18.4 Å². The number of amidine groups is 1. The molecule has 17 heavy (non-hydrogen) atoms. The molecule has 5 heteroatoms. The van der Waals surface area contributed by atoms with Gasteiger partial charge < -0.3 is 10.9 Å². The molecule has 3 N–H and O–H groups in total. The molecule has 0 radical (unpaired) electrons. The van der Waals surface area contributed by atoms with Crippen LogP contribution in [-0.2, 0) is 6.42 Å². The number of oxime groups is 1. The SMILES string of the molecule is NC(CCN(CCc1ccsc1)C1CC1)=NO. The molecule has 0 amide bonds. The first-order valence-electron chi connectivity index (χ1n) is 6.01. The van der Waals surface area contributed by atoms with Crippen molar-refractivity contribution in [1.29, 1.82) is 0 Å². The van der Waals surface area contributed by atoms with Crippen molar-refractivity contribution >= 4 is 17.2 Å². The third kappa shape index (κ3) is 4.02. The summed E-state index contributed by atoms with van der Waals surface area (Å²) in [6.45, 7) is 1.96. The van der Waals surface area contributed by atoms with Crippen molar-refractivity contribution in [1.82, 2.24) is 4.90 Å². The minimum Gasteiger partial charge on any atom is -0.409 e. The van der Waals surface area contributed by atoms with E-state index in [2.05, 4.69) is 26.9 Å². The lowest BCUT2D eigenvalue weighted by atomic mass is 10.2. The lowest BCUT2D eigenvalue weighted by molar-refractivity contribution is 0.271. The van der Waals surface area contributed by atoms with Gasteiger partial charge in [-0.05, 0) is 41.7 Å². The van der Waals surface area contributed by atoms with Gasteiger partial charge >= 0.3 is 0 Å².